The lowest BCUT2D eigenvalue weighted by atomic mass is 10.1. The van der Waals surface area contributed by atoms with Crippen LogP contribution >= 0.6 is 0 Å². The van der Waals surface area contributed by atoms with Crippen LogP contribution in [0.3, 0.4) is 0 Å². The Balaban J connectivity index is 1.62. The van der Waals surface area contributed by atoms with Gasteiger partial charge in [-0.1, -0.05) is 6.07 Å². The van der Waals surface area contributed by atoms with Crippen molar-refractivity contribution in [3.8, 4) is 5.75 Å². The Labute approximate surface area is 129 Å². The smallest absolute Gasteiger partial charge is 0.238 e. The van der Waals surface area contributed by atoms with Crippen molar-refractivity contribution in [1.29, 1.82) is 0 Å². The van der Waals surface area contributed by atoms with E-state index in [1.807, 2.05) is 18.2 Å². The summed E-state index contributed by atoms with van der Waals surface area (Å²) in [4.78, 5) is 26.1. The quantitative estimate of drug-likeness (QED) is 0.870. The number of amides is 2. The minimum Gasteiger partial charge on any atom is -0.497 e. The topological polar surface area (TPSA) is 70.7 Å². The maximum atomic E-state index is 12.3. The molecule has 2 unspecified atom stereocenters. The molecule has 0 radical (unpaired) electrons. The maximum Gasteiger partial charge on any atom is 0.238 e. The van der Waals surface area contributed by atoms with E-state index in [1.165, 1.54) is 0 Å². The molecule has 2 saturated heterocycles. The van der Waals surface area contributed by atoms with Crippen LogP contribution in [0.5, 0.6) is 5.75 Å². The van der Waals surface area contributed by atoms with Crippen molar-refractivity contribution >= 4 is 17.5 Å². The molecule has 118 valence electrons. The second kappa shape index (κ2) is 6.36. The Hall–Kier alpha value is -2.08. The number of methoxy groups -OCH3 is 1. The van der Waals surface area contributed by atoms with Gasteiger partial charge in [-0.3, -0.25) is 14.5 Å². The summed E-state index contributed by atoms with van der Waals surface area (Å²) in [6.45, 7) is 0.962. The minimum atomic E-state index is -0.0560. The lowest BCUT2D eigenvalue weighted by Gasteiger charge is -2.26. The standard InChI is InChI=1S/C16H21N3O3/c1-22-14-4-2-3-11(7-14)18-16(21)10-19-12-5-6-13(19)9-17-15(20)8-12/h2-4,7,12-13H,5-6,8-10H2,1H3,(H,17,20)(H,18,21). The number of nitrogens with zero attached hydrogens (tertiary/aromatic N) is 1. The van der Waals surface area contributed by atoms with E-state index in [0.717, 1.165) is 18.5 Å². The van der Waals surface area contributed by atoms with Gasteiger partial charge in [-0.05, 0) is 25.0 Å². The van der Waals surface area contributed by atoms with E-state index in [0.29, 0.717) is 25.3 Å². The zero-order valence-corrected chi connectivity index (χ0v) is 12.7. The van der Waals surface area contributed by atoms with Gasteiger partial charge in [0.1, 0.15) is 5.75 Å². The molecule has 2 aliphatic rings. The molecule has 1 aromatic carbocycles. The highest BCUT2D eigenvalue weighted by Crippen LogP contribution is 2.28. The molecule has 0 aliphatic carbocycles. The summed E-state index contributed by atoms with van der Waals surface area (Å²) in [5.41, 5.74) is 0.723. The molecular weight excluding hydrogens is 282 g/mol. The predicted octanol–water partition coefficient (Wildman–Crippen LogP) is 0.987. The number of carbonyl (C=O) groups is 2. The highest BCUT2D eigenvalue weighted by atomic mass is 16.5. The monoisotopic (exact) mass is 303 g/mol. The first-order chi connectivity index (χ1) is 10.7. The van der Waals surface area contributed by atoms with Crippen molar-refractivity contribution in [1.82, 2.24) is 10.2 Å². The Morgan fingerprint density at radius 3 is 3.05 bits per heavy atom. The SMILES string of the molecule is COc1cccc(NC(=O)CN2C3CCC2CC(=O)NC3)c1. The average Bonchev–Trinajstić information content (AvgIpc) is 2.78. The number of nitrogens with one attached hydrogen (secondary N) is 2. The van der Waals surface area contributed by atoms with Crippen molar-refractivity contribution in [2.24, 2.45) is 0 Å². The van der Waals surface area contributed by atoms with Gasteiger partial charge in [-0.2, -0.15) is 0 Å². The number of fused-ring (bicyclic) bond motifs is 2. The average molecular weight is 303 g/mol. The van der Waals surface area contributed by atoms with Gasteiger partial charge in [-0.25, -0.2) is 0 Å². The highest BCUT2D eigenvalue weighted by Gasteiger charge is 2.38. The first-order valence-electron chi connectivity index (χ1n) is 7.62. The molecule has 2 fully saturated rings. The van der Waals surface area contributed by atoms with Crippen molar-refractivity contribution in [2.45, 2.75) is 31.3 Å². The molecule has 0 saturated carbocycles. The molecule has 2 N–H and O–H groups in total. The van der Waals surface area contributed by atoms with Crippen LogP contribution in [-0.4, -0.2) is 49.0 Å². The molecule has 2 amide bonds. The van der Waals surface area contributed by atoms with Crippen LogP contribution in [0.25, 0.3) is 0 Å². The number of ether oxygens (including phenoxy) is 1. The molecular formula is C16H21N3O3. The van der Waals surface area contributed by atoms with Crippen LogP contribution in [0, 0.1) is 0 Å². The number of anilines is 1. The fraction of sp³-hybridized carbons (Fsp3) is 0.500. The zero-order chi connectivity index (χ0) is 15.5. The van der Waals surface area contributed by atoms with E-state index in [9.17, 15) is 9.59 Å². The van der Waals surface area contributed by atoms with E-state index >= 15 is 0 Å². The van der Waals surface area contributed by atoms with Crippen LogP contribution in [0.1, 0.15) is 19.3 Å². The van der Waals surface area contributed by atoms with Crippen LogP contribution in [0.2, 0.25) is 0 Å². The molecule has 6 heteroatoms. The summed E-state index contributed by atoms with van der Waals surface area (Å²) in [6, 6.07) is 7.76. The third kappa shape index (κ3) is 3.22. The maximum absolute atomic E-state index is 12.3. The fourth-order valence-electron chi connectivity index (χ4n) is 3.30. The van der Waals surface area contributed by atoms with Crippen molar-refractivity contribution < 1.29 is 14.3 Å². The van der Waals surface area contributed by atoms with Crippen molar-refractivity contribution in [2.75, 3.05) is 25.5 Å². The Morgan fingerprint density at radius 2 is 2.23 bits per heavy atom. The van der Waals surface area contributed by atoms with Crippen LogP contribution in [0.4, 0.5) is 5.69 Å². The second-order valence-corrected chi connectivity index (χ2v) is 5.85. The van der Waals surface area contributed by atoms with Gasteiger partial charge in [-0.15, -0.1) is 0 Å². The molecule has 6 nitrogen and oxygen atoms in total. The Bertz CT molecular complexity index is 576. The lowest BCUT2D eigenvalue weighted by Crippen LogP contribution is -2.42. The fourth-order valence-corrected chi connectivity index (χ4v) is 3.30. The lowest BCUT2D eigenvalue weighted by molar-refractivity contribution is -0.122. The molecule has 2 aliphatic heterocycles. The van der Waals surface area contributed by atoms with E-state index in [-0.39, 0.29) is 23.9 Å². The summed E-state index contributed by atoms with van der Waals surface area (Å²) in [6.07, 6.45) is 2.52. The van der Waals surface area contributed by atoms with E-state index in [4.69, 9.17) is 4.74 Å². The minimum absolute atomic E-state index is 0.0560. The summed E-state index contributed by atoms with van der Waals surface area (Å²) >= 11 is 0. The van der Waals surface area contributed by atoms with E-state index < -0.39 is 0 Å². The van der Waals surface area contributed by atoms with E-state index in [2.05, 4.69) is 15.5 Å². The molecule has 2 bridgehead atoms. The van der Waals surface area contributed by atoms with Crippen molar-refractivity contribution in [3.05, 3.63) is 24.3 Å². The van der Waals surface area contributed by atoms with Gasteiger partial charge in [0, 0.05) is 36.8 Å². The molecule has 22 heavy (non-hydrogen) atoms. The molecule has 0 spiro atoms. The molecule has 1 aromatic rings. The zero-order valence-electron chi connectivity index (χ0n) is 12.7. The first-order valence-corrected chi connectivity index (χ1v) is 7.62. The summed E-state index contributed by atoms with van der Waals surface area (Å²) in [7, 11) is 1.60. The summed E-state index contributed by atoms with van der Waals surface area (Å²) in [5, 5.41) is 5.81. The second-order valence-electron chi connectivity index (χ2n) is 5.85. The first kappa shape index (κ1) is 14.8. The molecule has 2 atom stereocenters. The molecule has 3 rings (SSSR count). The molecule has 2 heterocycles. The Kier molecular flexibility index (Phi) is 4.29. The third-order valence-corrected chi connectivity index (χ3v) is 4.41. The summed E-state index contributed by atoms with van der Waals surface area (Å²) in [5.74, 6) is 0.743. The number of rotatable bonds is 4. The molecule has 0 aromatic heterocycles. The van der Waals surface area contributed by atoms with Crippen LogP contribution in [-0.2, 0) is 9.59 Å². The number of hydrogen-bond donors (Lipinski definition) is 2. The van der Waals surface area contributed by atoms with E-state index in [1.54, 1.807) is 13.2 Å². The van der Waals surface area contributed by atoms with Gasteiger partial charge in [0.15, 0.2) is 0 Å². The number of hydrogen-bond acceptors (Lipinski definition) is 4. The van der Waals surface area contributed by atoms with Gasteiger partial charge >= 0.3 is 0 Å². The van der Waals surface area contributed by atoms with Gasteiger partial charge in [0.05, 0.1) is 13.7 Å². The number of benzene rings is 1. The van der Waals surface area contributed by atoms with Crippen LogP contribution < -0.4 is 15.4 Å². The highest BCUT2D eigenvalue weighted by molar-refractivity contribution is 5.92. The normalized spacial score (nSPS) is 24.5. The van der Waals surface area contributed by atoms with Gasteiger partial charge < -0.3 is 15.4 Å². The third-order valence-electron chi connectivity index (χ3n) is 4.41. The largest absolute Gasteiger partial charge is 0.497 e. The predicted molar refractivity (Wildman–Crippen MR) is 82.8 cm³/mol. The Morgan fingerprint density at radius 1 is 1.41 bits per heavy atom. The van der Waals surface area contributed by atoms with Gasteiger partial charge in [0.25, 0.3) is 0 Å². The number of carbonyl (C=O) groups excluding carboxylic acids is 2. The van der Waals surface area contributed by atoms with Gasteiger partial charge in [0.2, 0.25) is 11.8 Å². The summed E-state index contributed by atoms with van der Waals surface area (Å²) < 4.78 is 5.15. The van der Waals surface area contributed by atoms with Crippen LogP contribution in [0.15, 0.2) is 24.3 Å². The van der Waals surface area contributed by atoms with Crippen molar-refractivity contribution in [3.63, 3.8) is 0 Å².